The fourth-order valence-electron chi connectivity index (χ4n) is 2.01. The Bertz CT molecular complexity index is 678. The van der Waals surface area contributed by atoms with Gasteiger partial charge in [-0.2, -0.15) is 5.10 Å². The van der Waals surface area contributed by atoms with Crippen LogP contribution in [0.25, 0.3) is 0 Å². The maximum Gasteiger partial charge on any atom is 0.251 e. The minimum Gasteiger partial charge on any atom is -0.380 e. The summed E-state index contributed by atoms with van der Waals surface area (Å²) in [5, 5.41) is 9.71. The van der Waals surface area contributed by atoms with E-state index in [2.05, 4.69) is 15.5 Å². The summed E-state index contributed by atoms with van der Waals surface area (Å²) in [6.45, 7) is 0.908. The van der Waals surface area contributed by atoms with E-state index in [1.807, 2.05) is 25.2 Å². The van der Waals surface area contributed by atoms with Gasteiger partial charge in [0.2, 0.25) is 0 Å². The monoisotopic (exact) mass is 306 g/mol. The van der Waals surface area contributed by atoms with Crippen LogP contribution < -0.4 is 5.32 Å². The molecule has 2 rings (SSSR count). The SMILES string of the molecule is COCc1ccccc1C(=O)NCCc1n[nH]c(=S)n1C. The smallest absolute Gasteiger partial charge is 0.251 e. The van der Waals surface area contributed by atoms with Gasteiger partial charge in [0.05, 0.1) is 6.61 Å². The molecule has 1 amide bonds. The number of H-pyrrole nitrogens is 1. The lowest BCUT2D eigenvalue weighted by Crippen LogP contribution is -2.27. The van der Waals surface area contributed by atoms with Gasteiger partial charge in [-0.25, -0.2) is 0 Å². The van der Waals surface area contributed by atoms with E-state index in [1.54, 1.807) is 17.7 Å². The molecule has 7 heteroatoms. The molecule has 0 saturated heterocycles. The van der Waals surface area contributed by atoms with Crippen molar-refractivity contribution in [3.8, 4) is 0 Å². The molecule has 1 heterocycles. The summed E-state index contributed by atoms with van der Waals surface area (Å²) >= 11 is 5.04. The van der Waals surface area contributed by atoms with Gasteiger partial charge in [0.1, 0.15) is 5.82 Å². The number of aromatic nitrogens is 3. The first-order valence-corrected chi connectivity index (χ1v) is 6.99. The predicted molar refractivity (Wildman–Crippen MR) is 81.6 cm³/mol. The number of amides is 1. The Labute approximate surface area is 128 Å². The zero-order chi connectivity index (χ0) is 15.2. The fourth-order valence-corrected chi connectivity index (χ4v) is 2.16. The predicted octanol–water partition coefficient (Wildman–Crippen LogP) is 1.60. The Morgan fingerprint density at radius 2 is 2.24 bits per heavy atom. The molecule has 6 nitrogen and oxygen atoms in total. The van der Waals surface area contributed by atoms with Crippen molar-refractivity contribution in [2.45, 2.75) is 13.0 Å². The molecule has 0 aliphatic rings. The molecule has 0 atom stereocenters. The zero-order valence-corrected chi connectivity index (χ0v) is 12.9. The van der Waals surface area contributed by atoms with E-state index in [0.717, 1.165) is 11.4 Å². The zero-order valence-electron chi connectivity index (χ0n) is 12.0. The van der Waals surface area contributed by atoms with E-state index in [1.165, 1.54) is 0 Å². The third-order valence-electron chi connectivity index (χ3n) is 3.17. The Kier molecular flexibility index (Phi) is 5.24. The summed E-state index contributed by atoms with van der Waals surface area (Å²) in [5.74, 6) is 0.699. The van der Waals surface area contributed by atoms with Crippen LogP contribution in [0, 0.1) is 4.77 Å². The molecule has 112 valence electrons. The minimum absolute atomic E-state index is 0.112. The van der Waals surface area contributed by atoms with E-state index in [0.29, 0.717) is 29.9 Å². The van der Waals surface area contributed by atoms with E-state index in [4.69, 9.17) is 17.0 Å². The lowest BCUT2D eigenvalue weighted by molar-refractivity contribution is 0.0949. The van der Waals surface area contributed by atoms with Crippen LogP contribution in [0.4, 0.5) is 0 Å². The molecule has 0 aliphatic carbocycles. The van der Waals surface area contributed by atoms with Gasteiger partial charge in [0.15, 0.2) is 4.77 Å². The topological polar surface area (TPSA) is 71.9 Å². The summed E-state index contributed by atoms with van der Waals surface area (Å²) < 4.78 is 7.47. The normalized spacial score (nSPS) is 10.6. The molecule has 21 heavy (non-hydrogen) atoms. The van der Waals surface area contributed by atoms with Crippen molar-refractivity contribution in [3.05, 3.63) is 46.0 Å². The summed E-state index contributed by atoms with van der Waals surface area (Å²) in [6.07, 6.45) is 0.613. The number of hydrogen-bond acceptors (Lipinski definition) is 4. The van der Waals surface area contributed by atoms with Crippen LogP contribution in [0.2, 0.25) is 0 Å². The van der Waals surface area contributed by atoms with Gasteiger partial charge in [0.25, 0.3) is 5.91 Å². The third kappa shape index (κ3) is 3.77. The number of hydrogen-bond donors (Lipinski definition) is 2. The maximum atomic E-state index is 12.2. The number of methoxy groups -OCH3 is 1. The van der Waals surface area contributed by atoms with Crippen molar-refractivity contribution < 1.29 is 9.53 Å². The highest BCUT2D eigenvalue weighted by Crippen LogP contribution is 2.09. The lowest BCUT2D eigenvalue weighted by Gasteiger charge is -2.09. The molecule has 1 aromatic carbocycles. The summed E-state index contributed by atoms with van der Waals surface area (Å²) in [4.78, 5) is 12.2. The van der Waals surface area contributed by atoms with Gasteiger partial charge in [-0.3, -0.25) is 9.89 Å². The quantitative estimate of drug-likeness (QED) is 0.795. The van der Waals surface area contributed by atoms with Crippen molar-refractivity contribution >= 4 is 18.1 Å². The number of ether oxygens (including phenoxy) is 1. The first-order chi connectivity index (χ1) is 10.1. The average molecular weight is 306 g/mol. The number of carbonyl (C=O) groups excluding carboxylic acids is 1. The largest absolute Gasteiger partial charge is 0.380 e. The van der Waals surface area contributed by atoms with Gasteiger partial charge in [-0.1, -0.05) is 18.2 Å². The highest BCUT2D eigenvalue weighted by atomic mass is 32.1. The van der Waals surface area contributed by atoms with Crippen LogP contribution in [0.1, 0.15) is 21.7 Å². The molecule has 0 radical (unpaired) electrons. The molecule has 2 N–H and O–H groups in total. The molecule has 0 bridgehead atoms. The molecular formula is C14H18N4O2S. The Hall–Kier alpha value is -1.99. The van der Waals surface area contributed by atoms with Crippen molar-refractivity contribution in [2.24, 2.45) is 7.05 Å². The van der Waals surface area contributed by atoms with Crippen LogP contribution in [-0.2, 0) is 24.8 Å². The lowest BCUT2D eigenvalue weighted by atomic mass is 10.1. The number of aromatic amines is 1. The van der Waals surface area contributed by atoms with Crippen LogP contribution in [0.5, 0.6) is 0 Å². The minimum atomic E-state index is -0.112. The molecule has 0 spiro atoms. The number of carbonyl (C=O) groups is 1. The summed E-state index contributed by atoms with van der Waals surface area (Å²) in [5.41, 5.74) is 1.50. The van der Waals surface area contributed by atoms with Gasteiger partial charge in [-0.05, 0) is 23.8 Å². The molecule has 0 fully saturated rings. The molecule has 0 unspecified atom stereocenters. The Morgan fingerprint density at radius 3 is 2.90 bits per heavy atom. The standard InChI is InChI=1S/C14H18N4O2S/c1-18-12(16-17-14(18)21)7-8-15-13(19)11-6-4-3-5-10(11)9-20-2/h3-6H,7-9H2,1-2H3,(H,15,19)(H,17,21). The van der Waals surface area contributed by atoms with Crippen LogP contribution >= 0.6 is 12.2 Å². The van der Waals surface area contributed by atoms with Crippen molar-refractivity contribution in [2.75, 3.05) is 13.7 Å². The summed E-state index contributed by atoms with van der Waals surface area (Å²) in [7, 11) is 3.45. The van der Waals surface area contributed by atoms with Gasteiger partial charge >= 0.3 is 0 Å². The van der Waals surface area contributed by atoms with E-state index < -0.39 is 0 Å². The van der Waals surface area contributed by atoms with Gasteiger partial charge in [-0.15, -0.1) is 0 Å². The molecule has 0 aliphatic heterocycles. The number of nitrogens with zero attached hydrogens (tertiary/aromatic N) is 2. The maximum absolute atomic E-state index is 12.2. The van der Waals surface area contributed by atoms with Crippen molar-refractivity contribution in [3.63, 3.8) is 0 Å². The Balaban J connectivity index is 1.96. The van der Waals surface area contributed by atoms with Crippen molar-refractivity contribution in [1.82, 2.24) is 20.1 Å². The first kappa shape index (κ1) is 15.4. The van der Waals surface area contributed by atoms with Gasteiger partial charge in [0, 0.05) is 32.7 Å². The third-order valence-corrected chi connectivity index (χ3v) is 3.53. The second kappa shape index (κ2) is 7.14. The van der Waals surface area contributed by atoms with Crippen molar-refractivity contribution in [1.29, 1.82) is 0 Å². The second-order valence-electron chi connectivity index (χ2n) is 4.60. The van der Waals surface area contributed by atoms with E-state index in [-0.39, 0.29) is 5.91 Å². The highest BCUT2D eigenvalue weighted by molar-refractivity contribution is 7.71. The summed E-state index contributed by atoms with van der Waals surface area (Å²) in [6, 6.07) is 7.40. The molecule has 0 saturated carbocycles. The molecular weight excluding hydrogens is 288 g/mol. The van der Waals surface area contributed by atoms with E-state index >= 15 is 0 Å². The number of nitrogens with one attached hydrogen (secondary N) is 2. The molecule has 2 aromatic rings. The second-order valence-corrected chi connectivity index (χ2v) is 4.99. The van der Waals surface area contributed by atoms with E-state index in [9.17, 15) is 4.79 Å². The van der Waals surface area contributed by atoms with Crippen LogP contribution in [0.15, 0.2) is 24.3 Å². The fraction of sp³-hybridized carbons (Fsp3) is 0.357. The van der Waals surface area contributed by atoms with Crippen LogP contribution in [-0.4, -0.2) is 34.3 Å². The first-order valence-electron chi connectivity index (χ1n) is 6.58. The van der Waals surface area contributed by atoms with Crippen LogP contribution in [0.3, 0.4) is 0 Å². The molecule has 1 aromatic heterocycles. The highest BCUT2D eigenvalue weighted by Gasteiger charge is 2.10. The number of rotatable bonds is 6. The average Bonchev–Trinajstić information content (AvgIpc) is 2.80. The number of benzene rings is 1. The van der Waals surface area contributed by atoms with Gasteiger partial charge < -0.3 is 14.6 Å². The Morgan fingerprint density at radius 1 is 1.48 bits per heavy atom.